The molecule has 0 atom stereocenters. The van der Waals surface area contributed by atoms with Gasteiger partial charge in [-0.05, 0) is 54.4 Å². The van der Waals surface area contributed by atoms with Gasteiger partial charge in [-0.2, -0.15) is 0 Å². The zero-order valence-corrected chi connectivity index (χ0v) is 7.19. The van der Waals surface area contributed by atoms with Crippen LogP contribution in [0.15, 0.2) is 6.07 Å². The number of aryl methyl sites for hydroxylation is 2. The SMILES string of the molecule is Nc1c2c(cc3c1CC3)CCC2. The molecule has 1 heteroatoms. The highest BCUT2D eigenvalue weighted by Gasteiger charge is 2.23. The minimum absolute atomic E-state index is 1.13. The van der Waals surface area contributed by atoms with Crippen molar-refractivity contribution in [2.24, 2.45) is 0 Å². The predicted molar refractivity (Wildman–Crippen MR) is 50.3 cm³/mol. The maximum Gasteiger partial charge on any atom is 0.0384 e. The van der Waals surface area contributed by atoms with Crippen molar-refractivity contribution in [2.75, 3.05) is 5.73 Å². The largest absolute Gasteiger partial charge is 0.398 e. The molecule has 0 spiro atoms. The zero-order valence-electron chi connectivity index (χ0n) is 7.19. The highest BCUT2D eigenvalue weighted by molar-refractivity contribution is 5.64. The van der Waals surface area contributed by atoms with Crippen LogP contribution in [0.4, 0.5) is 5.69 Å². The number of hydrogen-bond donors (Lipinski definition) is 1. The summed E-state index contributed by atoms with van der Waals surface area (Å²) in [5, 5.41) is 0. The van der Waals surface area contributed by atoms with Crippen LogP contribution in [0, 0.1) is 0 Å². The first-order valence-electron chi connectivity index (χ1n) is 4.78. The number of anilines is 1. The van der Waals surface area contributed by atoms with Crippen molar-refractivity contribution >= 4 is 5.69 Å². The van der Waals surface area contributed by atoms with Gasteiger partial charge in [0.2, 0.25) is 0 Å². The van der Waals surface area contributed by atoms with Crippen molar-refractivity contribution in [2.45, 2.75) is 32.1 Å². The van der Waals surface area contributed by atoms with Gasteiger partial charge in [-0.3, -0.25) is 0 Å². The van der Waals surface area contributed by atoms with E-state index in [-0.39, 0.29) is 0 Å². The van der Waals surface area contributed by atoms with Gasteiger partial charge >= 0.3 is 0 Å². The van der Waals surface area contributed by atoms with Gasteiger partial charge in [-0.15, -0.1) is 0 Å². The van der Waals surface area contributed by atoms with Gasteiger partial charge in [0, 0.05) is 5.69 Å². The monoisotopic (exact) mass is 159 g/mol. The second-order valence-electron chi connectivity index (χ2n) is 3.92. The summed E-state index contributed by atoms with van der Waals surface area (Å²) < 4.78 is 0. The summed E-state index contributed by atoms with van der Waals surface area (Å²) >= 11 is 0. The molecule has 0 saturated heterocycles. The minimum atomic E-state index is 1.13. The number of nitrogen functional groups attached to an aromatic ring is 1. The lowest BCUT2D eigenvalue weighted by molar-refractivity contribution is 0.838. The Morgan fingerprint density at radius 2 is 1.67 bits per heavy atom. The van der Waals surface area contributed by atoms with Crippen LogP contribution < -0.4 is 5.73 Å². The number of benzene rings is 1. The summed E-state index contributed by atoms with van der Waals surface area (Å²) in [6, 6.07) is 2.39. The molecule has 2 N–H and O–H groups in total. The van der Waals surface area contributed by atoms with Crippen LogP contribution in [0.2, 0.25) is 0 Å². The molecule has 1 nitrogen and oxygen atoms in total. The molecule has 62 valence electrons. The lowest BCUT2D eigenvalue weighted by Crippen LogP contribution is -2.13. The third-order valence-electron chi connectivity index (χ3n) is 3.29. The van der Waals surface area contributed by atoms with E-state index in [1.807, 2.05) is 0 Å². The van der Waals surface area contributed by atoms with E-state index in [0.29, 0.717) is 0 Å². The highest BCUT2D eigenvalue weighted by atomic mass is 14.6. The number of hydrogen-bond acceptors (Lipinski definition) is 1. The number of fused-ring (bicyclic) bond motifs is 2. The standard InChI is InChI=1S/C11H13N/c12-11-9-3-1-2-7(9)6-8-4-5-10(8)11/h6H,1-5,12H2. The Kier molecular flexibility index (Phi) is 1.11. The fourth-order valence-electron chi connectivity index (χ4n) is 2.49. The molecule has 2 aliphatic rings. The van der Waals surface area contributed by atoms with Crippen molar-refractivity contribution in [3.8, 4) is 0 Å². The van der Waals surface area contributed by atoms with E-state index < -0.39 is 0 Å². The van der Waals surface area contributed by atoms with Gasteiger partial charge in [0.15, 0.2) is 0 Å². The molecule has 1 aromatic rings. The van der Waals surface area contributed by atoms with Gasteiger partial charge in [-0.25, -0.2) is 0 Å². The van der Waals surface area contributed by atoms with E-state index in [4.69, 9.17) is 5.73 Å². The van der Waals surface area contributed by atoms with Crippen molar-refractivity contribution in [3.63, 3.8) is 0 Å². The van der Waals surface area contributed by atoms with Gasteiger partial charge < -0.3 is 5.73 Å². The predicted octanol–water partition coefficient (Wildman–Crippen LogP) is 1.86. The van der Waals surface area contributed by atoms with Crippen LogP contribution in [0.5, 0.6) is 0 Å². The maximum atomic E-state index is 6.09. The van der Waals surface area contributed by atoms with Crippen LogP contribution in [0.1, 0.15) is 28.7 Å². The number of nitrogens with two attached hydrogens (primary N) is 1. The first kappa shape index (κ1) is 6.53. The Balaban J connectivity index is 2.29. The second kappa shape index (κ2) is 2.03. The molecule has 0 heterocycles. The minimum Gasteiger partial charge on any atom is -0.398 e. The lowest BCUT2D eigenvalue weighted by Gasteiger charge is -2.23. The quantitative estimate of drug-likeness (QED) is 0.574. The summed E-state index contributed by atoms with van der Waals surface area (Å²) in [5.74, 6) is 0. The van der Waals surface area contributed by atoms with Crippen LogP contribution in [0.3, 0.4) is 0 Å². The van der Waals surface area contributed by atoms with E-state index in [1.54, 1.807) is 0 Å². The van der Waals surface area contributed by atoms with Gasteiger partial charge in [0.05, 0.1) is 0 Å². The van der Waals surface area contributed by atoms with Gasteiger partial charge in [0.1, 0.15) is 0 Å². The first-order valence-corrected chi connectivity index (χ1v) is 4.78. The third-order valence-corrected chi connectivity index (χ3v) is 3.29. The van der Waals surface area contributed by atoms with Crippen LogP contribution >= 0.6 is 0 Å². The Morgan fingerprint density at radius 1 is 0.917 bits per heavy atom. The van der Waals surface area contributed by atoms with E-state index >= 15 is 0 Å². The lowest BCUT2D eigenvalue weighted by atomic mass is 9.84. The molecule has 12 heavy (non-hydrogen) atoms. The Morgan fingerprint density at radius 3 is 2.42 bits per heavy atom. The van der Waals surface area contributed by atoms with Crippen molar-refractivity contribution < 1.29 is 0 Å². The Hall–Kier alpha value is -0.980. The van der Waals surface area contributed by atoms with Crippen molar-refractivity contribution in [1.82, 2.24) is 0 Å². The summed E-state index contributed by atoms with van der Waals surface area (Å²) in [5.41, 5.74) is 13.2. The first-order chi connectivity index (χ1) is 5.86. The fourth-order valence-corrected chi connectivity index (χ4v) is 2.49. The topological polar surface area (TPSA) is 26.0 Å². The molecule has 0 amide bonds. The molecule has 3 rings (SSSR count). The third kappa shape index (κ3) is 0.644. The van der Waals surface area contributed by atoms with Crippen LogP contribution in [-0.2, 0) is 25.7 Å². The molecule has 1 aromatic carbocycles. The normalized spacial score (nSPS) is 18.3. The second-order valence-corrected chi connectivity index (χ2v) is 3.92. The van der Waals surface area contributed by atoms with E-state index in [9.17, 15) is 0 Å². The molecule has 0 radical (unpaired) electrons. The molecule has 0 aromatic heterocycles. The van der Waals surface area contributed by atoms with Crippen molar-refractivity contribution in [3.05, 3.63) is 28.3 Å². The van der Waals surface area contributed by atoms with Gasteiger partial charge in [-0.1, -0.05) is 6.07 Å². The summed E-state index contributed by atoms with van der Waals surface area (Å²) in [7, 11) is 0. The number of rotatable bonds is 0. The van der Waals surface area contributed by atoms with E-state index in [1.165, 1.54) is 54.4 Å². The maximum absolute atomic E-state index is 6.09. The summed E-state index contributed by atoms with van der Waals surface area (Å²) in [4.78, 5) is 0. The van der Waals surface area contributed by atoms with Crippen LogP contribution in [0.25, 0.3) is 0 Å². The summed E-state index contributed by atoms with van der Waals surface area (Å²) in [6.45, 7) is 0. The molecule has 0 bridgehead atoms. The molecular weight excluding hydrogens is 146 g/mol. The molecular formula is C11H13N. The van der Waals surface area contributed by atoms with E-state index in [2.05, 4.69) is 6.07 Å². The zero-order chi connectivity index (χ0) is 8.13. The summed E-state index contributed by atoms with van der Waals surface area (Å²) in [6.07, 6.45) is 6.25. The van der Waals surface area contributed by atoms with Gasteiger partial charge in [0.25, 0.3) is 0 Å². The molecule has 0 saturated carbocycles. The molecule has 0 aliphatic heterocycles. The smallest absolute Gasteiger partial charge is 0.0384 e. The molecule has 0 fully saturated rings. The fraction of sp³-hybridized carbons (Fsp3) is 0.455. The van der Waals surface area contributed by atoms with E-state index in [0.717, 1.165) is 5.69 Å². The van der Waals surface area contributed by atoms with Crippen molar-refractivity contribution in [1.29, 1.82) is 0 Å². The average molecular weight is 159 g/mol. The average Bonchev–Trinajstić information content (AvgIpc) is 2.43. The Labute approximate surface area is 72.6 Å². The molecule has 2 aliphatic carbocycles. The Bertz CT molecular complexity index is 353. The molecule has 0 unspecified atom stereocenters. The van der Waals surface area contributed by atoms with Crippen LogP contribution in [-0.4, -0.2) is 0 Å². The highest BCUT2D eigenvalue weighted by Crippen LogP contribution is 2.37.